The van der Waals surface area contributed by atoms with Crippen molar-refractivity contribution in [3.05, 3.63) is 28.8 Å². The third-order valence-electron chi connectivity index (χ3n) is 3.89. The molecule has 2 aliphatic rings. The molecule has 1 fully saturated rings. The Balaban J connectivity index is 2.11. The molecule has 1 amide bonds. The number of hydrogen-bond donors (Lipinski definition) is 1. The van der Waals surface area contributed by atoms with Crippen LogP contribution in [0.1, 0.15) is 37.7 Å². The van der Waals surface area contributed by atoms with Crippen molar-refractivity contribution in [1.29, 1.82) is 0 Å². The van der Waals surface area contributed by atoms with Gasteiger partial charge in [0.25, 0.3) is 0 Å². The summed E-state index contributed by atoms with van der Waals surface area (Å²) in [5.41, 5.74) is 1.82. The van der Waals surface area contributed by atoms with E-state index >= 15 is 0 Å². The van der Waals surface area contributed by atoms with Crippen LogP contribution in [0.15, 0.2) is 18.2 Å². The minimum atomic E-state index is -0.252. The molecule has 0 aromatic heterocycles. The van der Waals surface area contributed by atoms with Gasteiger partial charge in [0.05, 0.1) is 5.41 Å². The Kier molecular flexibility index (Phi) is 2.21. The van der Waals surface area contributed by atoms with E-state index in [1.165, 1.54) is 6.42 Å². The maximum absolute atomic E-state index is 12.2. The van der Waals surface area contributed by atoms with Crippen molar-refractivity contribution in [1.82, 2.24) is 0 Å². The molecule has 84 valence electrons. The molecule has 1 aromatic carbocycles. The molecule has 1 spiro atoms. The summed E-state index contributed by atoms with van der Waals surface area (Å²) < 4.78 is 0. The number of benzene rings is 1. The van der Waals surface area contributed by atoms with E-state index in [4.69, 9.17) is 11.6 Å². The molecule has 0 radical (unpaired) electrons. The van der Waals surface area contributed by atoms with Crippen molar-refractivity contribution in [2.24, 2.45) is 0 Å². The van der Waals surface area contributed by atoms with Gasteiger partial charge in [0.15, 0.2) is 0 Å². The van der Waals surface area contributed by atoms with E-state index in [0.717, 1.165) is 36.9 Å². The molecule has 0 unspecified atom stereocenters. The molecule has 3 rings (SSSR count). The molecule has 0 bridgehead atoms. The van der Waals surface area contributed by atoms with Crippen LogP contribution < -0.4 is 5.32 Å². The van der Waals surface area contributed by atoms with Gasteiger partial charge in [0.2, 0.25) is 5.91 Å². The maximum Gasteiger partial charge on any atom is 0.235 e. The number of carbonyl (C=O) groups is 1. The standard InChI is InChI=1S/C13H14ClNO/c14-9-4-5-10-11(8-9)15-12(16)13(10)6-2-1-3-7-13/h4-5,8H,1-3,6-7H2,(H,15,16). The summed E-state index contributed by atoms with van der Waals surface area (Å²) in [7, 11) is 0. The number of hydrogen-bond acceptors (Lipinski definition) is 1. The molecule has 1 saturated carbocycles. The third kappa shape index (κ3) is 1.29. The lowest BCUT2D eigenvalue weighted by atomic mass is 9.70. The molecule has 1 heterocycles. The Labute approximate surface area is 100.0 Å². The van der Waals surface area contributed by atoms with Crippen molar-refractivity contribution in [3.8, 4) is 0 Å². The van der Waals surface area contributed by atoms with Crippen LogP contribution in [0.25, 0.3) is 0 Å². The van der Waals surface area contributed by atoms with Crippen LogP contribution >= 0.6 is 11.6 Å². The highest BCUT2D eigenvalue weighted by atomic mass is 35.5. The van der Waals surface area contributed by atoms with Gasteiger partial charge in [0, 0.05) is 10.7 Å². The summed E-state index contributed by atoms with van der Waals surface area (Å²) >= 11 is 5.95. The second-order valence-electron chi connectivity index (χ2n) is 4.79. The number of amides is 1. The summed E-state index contributed by atoms with van der Waals surface area (Å²) in [6.07, 6.45) is 5.50. The summed E-state index contributed by atoms with van der Waals surface area (Å²) in [6.45, 7) is 0. The highest BCUT2D eigenvalue weighted by Crippen LogP contribution is 2.47. The van der Waals surface area contributed by atoms with Crippen LogP contribution in [-0.4, -0.2) is 5.91 Å². The van der Waals surface area contributed by atoms with Gasteiger partial charge in [-0.25, -0.2) is 0 Å². The number of carbonyl (C=O) groups excluding carboxylic acids is 1. The lowest BCUT2D eigenvalue weighted by Crippen LogP contribution is -2.36. The molecule has 0 saturated heterocycles. The minimum Gasteiger partial charge on any atom is -0.325 e. The first-order chi connectivity index (χ1) is 7.72. The zero-order valence-corrected chi connectivity index (χ0v) is 9.81. The molecule has 1 N–H and O–H groups in total. The first kappa shape index (κ1) is 10.2. The number of rotatable bonds is 0. The van der Waals surface area contributed by atoms with E-state index in [-0.39, 0.29) is 11.3 Å². The molecule has 0 atom stereocenters. The molecule has 1 aliphatic heterocycles. The molecule has 3 heteroatoms. The van der Waals surface area contributed by atoms with Gasteiger partial charge in [-0.2, -0.15) is 0 Å². The quantitative estimate of drug-likeness (QED) is 0.733. The monoisotopic (exact) mass is 235 g/mol. The Bertz CT molecular complexity index is 449. The normalized spacial score (nSPS) is 21.9. The molecular formula is C13H14ClNO. The van der Waals surface area contributed by atoms with Crippen molar-refractivity contribution in [2.45, 2.75) is 37.5 Å². The highest BCUT2D eigenvalue weighted by molar-refractivity contribution is 6.31. The van der Waals surface area contributed by atoms with Crippen LogP contribution in [0.3, 0.4) is 0 Å². The van der Waals surface area contributed by atoms with E-state index in [0.29, 0.717) is 5.02 Å². The number of halogens is 1. The first-order valence-corrected chi connectivity index (χ1v) is 6.22. The number of nitrogens with one attached hydrogen (secondary N) is 1. The second kappa shape index (κ2) is 3.49. The van der Waals surface area contributed by atoms with Gasteiger partial charge in [-0.1, -0.05) is 36.9 Å². The number of fused-ring (bicyclic) bond motifs is 2. The highest BCUT2D eigenvalue weighted by Gasteiger charge is 2.46. The van der Waals surface area contributed by atoms with Gasteiger partial charge in [-0.15, -0.1) is 0 Å². The van der Waals surface area contributed by atoms with Crippen LogP contribution in [0, 0.1) is 0 Å². The summed E-state index contributed by atoms with van der Waals surface area (Å²) in [6, 6.07) is 5.76. The van der Waals surface area contributed by atoms with E-state index in [1.54, 1.807) is 0 Å². The molecule has 1 aliphatic carbocycles. The Morgan fingerprint density at radius 1 is 1.19 bits per heavy atom. The molecule has 1 aromatic rings. The van der Waals surface area contributed by atoms with E-state index in [2.05, 4.69) is 5.32 Å². The predicted molar refractivity (Wildman–Crippen MR) is 64.8 cm³/mol. The third-order valence-corrected chi connectivity index (χ3v) is 4.12. The molecular weight excluding hydrogens is 222 g/mol. The van der Waals surface area contributed by atoms with E-state index in [1.807, 2.05) is 18.2 Å². The van der Waals surface area contributed by atoms with Gasteiger partial charge in [-0.3, -0.25) is 4.79 Å². The van der Waals surface area contributed by atoms with Crippen LogP contribution in [-0.2, 0) is 10.2 Å². The molecule has 16 heavy (non-hydrogen) atoms. The zero-order chi connectivity index (χ0) is 11.2. The average Bonchev–Trinajstić information content (AvgIpc) is 2.53. The minimum absolute atomic E-state index is 0.171. The Hall–Kier alpha value is -1.02. The first-order valence-electron chi connectivity index (χ1n) is 5.84. The summed E-state index contributed by atoms with van der Waals surface area (Å²) in [4.78, 5) is 12.2. The van der Waals surface area contributed by atoms with Crippen LogP contribution in [0.2, 0.25) is 5.02 Å². The molecule has 2 nitrogen and oxygen atoms in total. The fourth-order valence-corrected chi connectivity index (χ4v) is 3.23. The lowest BCUT2D eigenvalue weighted by Gasteiger charge is -2.31. The number of anilines is 1. The van der Waals surface area contributed by atoms with Crippen molar-refractivity contribution >= 4 is 23.2 Å². The Morgan fingerprint density at radius 3 is 2.69 bits per heavy atom. The largest absolute Gasteiger partial charge is 0.325 e. The van der Waals surface area contributed by atoms with Gasteiger partial charge in [0.1, 0.15) is 0 Å². The van der Waals surface area contributed by atoms with E-state index in [9.17, 15) is 4.79 Å². The topological polar surface area (TPSA) is 29.1 Å². The van der Waals surface area contributed by atoms with E-state index < -0.39 is 0 Å². The van der Waals surface area contributed by atoms with Gasteiger partial charge < -0.3 is 5.32 Å². The summed E-state index contributed by atoms with van der Waals surface area (Å²) in [5.74, 6) is 0.171. The zero-order valence-electron chi connectivity index (χ0n) is 9.05. The lowest BCUT2D eigenvalue weighted by molar-refractivity contribution is -0.121. The maximum atomic E-state index is 12.2. The van der Waals surface area contributed by atoms with Gasteiger partial charge >= 0.3 is 0 Å². The van der Waals surface area contributed by atoms with Crippen LogP contribution in [0.4, 0.5) is 5.69 Å². The second-order valence-corrected chi connectivity index (χ2v) is 5.22. The van der Waals surface area contributed by atoms with Crippen molar-refractivity contribution in [3.63, 3.8) is 0 Å². The van der Waals surface area contributed by atoms with Crippen molar-refractivity contribution < 1.29 is 4.79 Å². The van der Waals surface area contributed by atoms with Crippen molar-refractivity contribution in [2.75, 3.05) is 5.32 Å². The SMILES string of the molecule is O=C1Nc2cc(Cl)ccc2C12CCCCC2. The fourth-order valence-electron chi connectivity index (χ4n) is 3.05. The average molecular weight is 236 g/mol. The Morgan fingerprint density at radius 2 is 1.94 bits per heavy atom. The predicted octanol–water partition coefficient (Wildman–Crippen LogP) is 3.49. The smallest absolute Gasteiger partial charge is 0.235 e. The fraction of sp³-hybridized carbons (Fsp3) is 0.462. The summed E-state index contributed by atoms with van der Waals surface area (Å²) in [5, 5.41) is 3.66. The van der Waals surface area contributed by atoms with Gasteiger partial charge in [-0.05, 0) is 30.5 Å². The van der Waals surface area contributed by atoms with Crippen LogP contribution in [0.5, 0.6) is 0 Å².